The highest BCUT2D eigenvalue weighted by Gasteiger charge is 2.21. The van der Waals surface area contributed by atoms with Crippen LogP contribution in [-0.2, 0) is 4.79 Å². The molecule has 0 aromatic rings. The third-order valence-corrected chi connectivity index (χ3v) is 4.58. The van der Waals surface area contributed by atoms with Crippen molar-refractivity contribution in [3.8, 4) is 0 Å². The van der Waals surface area contributed by atoms with Crippen LogP contribution in [0.15, 0.2) is 0 Å². The quantitative estimate of drug-likeness (QED) is 0.388. The number of aliphatic carboxylic acids is 1. The molecule has 0 heterocycles. The predicted octanol–water partition coefficient (Wildman–Crippen LogP) is 3.76. The topological polar surface area (TPSA) is 104 Å². The highest BCUT2D eigenvalue weighted by molar-refractivity contribution is 5.71. The minimum absolute atomic E-state index is 0.155. The summed E-state index contributed by atoms with van der Waals surface area (Å²) in [7, 11) is 0. The first-order valence-corrected chi connectivity index (χ1v) is 9.62. The summed E-state index contributed by atoms with van der Waals surface area (Å²) < 4.78 is 0. The van der Waals surface area contributed by atoms with Crippen LogP contribution in [0.25, 0.3) is 0 Å². The SMILES string of the molecule is CCCCCC(O)CCCN(CCCCC(C)(C)CC(=O)O)C(N)=O. The Hall–Kier alpha value is -1.30. The van der Waals surface area contributed by atoms with Crippen molar-refractivity contribution in [1.82, 2.24) is 4.90 Å². The predicted molar refractivity (Wildman–Crippen MR) is 100 cm³/mol. The molecule has 0 rings (SSSR count). The normalized spacial score (nSPS) is 12.8. The fourth-order valence-corrected chi connectivity index (χ4v) is 3.03. The third-order valence-electron chi connectivity index (χ3n) is 4.58. The second kappa shape index (κ2) is 13.0. The van der Waals surface area contributed by atoms with E-state index in [4.69, 9.17) is 10.8 Å². The van der Waals surface area contributed by atoms with Gasteiger partial charge in [-0.05, 0) is 37.5 Å². The number of nitrogens with zero attached hydrogens (tertiary/aromatic N) is 1. The molecule has 1 unspecified atom stereocenters. The summed E-state index contributed by atoms with van der Waals surface area (Å²) >= 11 is 0. The zero-order valence-electron chi connectivity index (χ0n) is 16.3. The number of primary amides is 1. The molecule has 0 spiro atoms. The molecule has 0 bridgehead atoms. The van der Waals surface area contributed by atoms with Crippen LogP contribution >= 0.6 is 0 Å². The van der Waals surface area contributed by atoms with Crippen LogP contribution in [0.2, 0.25) is 0 Å². The Kier molecular flexibility index (Phi) is 12.3. The molecule has 1 atom stereocenters. The fourth-order valence-electron chi connectivity index (χ4n) is 3.03. The van der Waals surface area contributed by atoms with Crippen molar-refractivity contribution in [1.29, 1.82) is 0 Å². The molecule has 4 N–H and O–H groups in total. The Morgan fingerprint density at radius 2 is 1.64 bits per heavy atom. The molecule has 0 saturated carbocycles. The van der Waals surface area contributed by atoms with Crippen LogP contribution in [0.3, 0.4) is 0 Å². The van der Waals surface area contributed by atoms with E-state index in [2.05, 4.69) is 6.92 Å². The largest absolute Gasteiger partial charge is 0.481 e. The number of carbonyl (C=O) groups excluding carboxylic acids is 1. The number of aliphatic hydroxyl groups excluding tert-OH is 1. The van der Waals surface area contributed by atoms with Gasteiger partial charge in [0.25, 0.3) is 0 Å². The van der Waals surface area contributed by atoms with Crippen molar-refractivity contribution >= 4 is 12.0 Å². The van der Waals surface area contributed by atoms with E-state index in [9.17, 15) is 14.7 Å². The van der Waals surface area contributed by atoms with Crippen molar-refractivity contribution in [3.63, 3.8) is 0 Å². The van der Waals surface area contributed by atoms with Gasteiger partial charge in [0.1, 0.15) is 0 Å². The first-order chi connectivity index (χ1) is 11.7. The van der Waals surface area contributed by atoms with Gasteiger partial charge in [-0.2, -0.15) is 0 Å². The Balaban J connectivity index is 3.99. The molecule has 0 radical (unpaired) electrons. The molecule has 0 aliphatic carbocycles. The smallest absolute Gasteiger partial charge is 0.314 e. The number of hydrogen-bond acceptors (Lipinski definition) is 3. The molecular formula is C19H38N2O4. The number of carbonyl (C=O) groups is 2. The van der Waals surface area contributed by atoms with Gasteiger partial charge >= 0.3 is 12.0 Å². The number of nitrogens with two attached hydrogens (primary N) is 1. The van der Waals surface area contributed by atoms with Crippen LogP contribution in [0.4, 0.5) is 4.79 Å². The van der Waals surface area contributed by atoms with E-state index < -0.39 is 12.0 Å². The van der Waals surface area contributed by atoms with Crippen molar-refractivity contribution in [3.05, 3.63) is 0 Å². The Morgan fingerprint density at radius 3 is 2.20 bits per heavy atom. The standard InChI is InChI=1S/C19H38N2O4/c1-4-5-6-10-16(22)11-9-14-21(18(20)25)13-8-7-12-19(2,3)15-17(23)24/h16,22H,4-15H2,1-3H3,(H2,20,25)(H,23,24). The summed E-state index contributed by atoms with van der Waals surface area (Å²) in [5, 5.41) is 18.8. The molecule has 0 aromatic carbocycles. The maximum absolute atomic E-state index is 11.5. The average Bonchev–Trinajstić information content (AvgIpc) is 2.48. The average molecular weight is 359 g/mol. The number of amides is 2. The first-order valence-electron chi connectivity index (χ1n) is 9.62. The molecule has 25 heavy (non-hydrogen) atoms. The maximum atomic E-state index is 11.5. The maximum Gasteiger partial charge on any atom is 0.314 e. The lowest BCUT2D eigenvalue weighted by atomic mass is 9.84. The van der Waals surface area contributed by atoms with E-state index >= 15 is 0 Å². The number of urea groups is 1. The summed E-state index contributed by atoms with van der Waals surface area (Å²) in [5.41, 5.74) is 5.20. The highest BCUT2D eigenvalue weighted by Crippen LogP contribution is 2.27. The van der Waals surface area contributed by atoms with Gasteiger partial charge in [-0.3, -0.25) is 4.79 Å². The molecule has 6 heteroatoms. The van der Waals surface area contributed by atoms with Crippen LogP contribution in [0.5, 0.6) is 0 Å². The van der Waals surface area contributed by atoms with Crippen LogP contribution in [0, 0.1) is 5.41 Å². The molecule has 0 aliphatic rings. The Morgan fingerprint density at radius 1 is 1.04 bits per heavy atom. The molecule has 0 saturated heterocycles. The van der Waals surface area contributed by atoms with Gasteiger partial charge in [0.05, 0.1) is 12.5 Å². The van der Waals surface area contributed by atoms with Gasteiger partial charge in [-0.25, -0.2) is 4.79 Å². The summed E-state index contributed by atoms with van der Waals surface area (Å²) in [6, 6.07) is -0.426. The fraction of sp³-hybridized carbons (Fsp3) is 0.895. The second-order valence-corrected chi connectivity index (χ2v) is 7.81. The lowest BCUT2D eigenvalue weighted by Crippen LogP contribution is -2.37. The van der Waals surface area contributed by atoms with Gasteiger partial charge in [0.2, 0.25) is 0 Å². The minimum Gasteiger partial charge on any atom is -0.481 e. The zero-order valence-corrected chi connectivity index (χ0v) is 16.3. The van der Waals surface area contributed by atoms with E-state index in [-0.39, 0.29) is 17.9 Å². The molecule has 2 amide bonds. The van der Waals surface area contributed by atoms with Crippen LogP contribution < -0.4 is 5.73 Å². The van der Waals surface area contributed by atoms with Crippen molar-refractivity contribution in [2.45, 2.75) is 91.1 Å². The molecule has 148 valence electrons. The summed E-state index contributed by atoms with van der Waals surface area (Å²) in [5.74, 6) is -0.777. The Bertz CT molecular complexity index is 386. The van der Waals surface area contributed by atoms with Crippen molar-refractivity contribution < 1.29 is 19.8 Å². The Labute approximate surface area is 152 Å². The van der Waals surface area contributed by atoms with Crippen LogP contribution in [0.1, 0.15) is 85.0 Å². The number of carboxylic acids is 1. The van der Waals surface area contributed by atoms with Gasteiger partial charge in [-0.15, -0.1) is 0 Å². The molecule has 0 fully saturated rings. The number of unbranched alkanes of at least 4 members (excludes halogenated alkanes) is 3. The van der Waals surface area contributed by atoms with E-state index in [0.29, 0.717) is 19.5 Å². The van der Waals surface area contributed by atoms with Gasteiger partial charge in [-0.1, -0.05) is 46.5 Å². The summed E-state index contributed by atoms with van der Waals surface area (Å²) in [6.45, 7) is 7.20. The summed E-state index contributed by atoms with van der Waals surface area (Å²) in [4.78, 5) is 24.0. The van der Waals surface area contributed by atoms with Gasteiger partial charge < -0.3 is 20.8 Å². The number of rotatable bonds is 15. The van der Waals surface area contributed by atoms with Gasteiger partial charge in [0.15, 0.2) is 0 Å². The first kappa shape index (κ1) is 23.7. The molecule has 0 aromatic heterocycles. The van der Waals surface area contributed by atoms with Crippen LogP contribution in [-0.4, -0.2) is 46.3 Å². The highest BCUT2D eigenvalue weighted by atomic mass is 16.4. The van der Waals surface area contributed by atoms with Gasteiger partial charge in [0, 0.05) is 13.1 Å². The third kappa shape index (κ3) is 13.6. The van der Waals surface area contributed by atoms with Crippen molar-refractivity contribution in [2.24, 2.45) is 11.1 Å². The van der Waals surface area contributed by atoms with E-state index in [1.807, 2.05) is 13.8 Å². The van der Waals surface area contributed by atoms with E-state index in [1.165, 1.54) is 0 Å². The summed E-state index contributed by atoms with van der Waals surface area (Å²) in [6.07, 6.45) is 7.94. The zero-order chi connectivity index (χ0) is 19.3. The number of hydrogen-bond donors (Lipinski definition) is 3. The lowest BCUT2D eigenvalue weighted by molar-refractivity contribution is -0.139. The van der Waals surface area contributed by atoms with Crippen molar-refractivity contribution in [2.75, 3.05) is 13.1 Å². The van der Waals surface area contributed by atoms with E-state index in [0.717, 1.165) is 51.4 Å². The second-order valence-electron chi connectivity index (χ2n) is 7.81. The molecule has 0 aliphatic heterocycles. The minimum atomic E-state index is -0.777. The molecular weight excluding hydrogens is 320 g/mol. The lowest BCUT2D eigenvalue weighted by Gasteiger charge is -2.24. The number of aliphatic hydroxyl groups is 1. The number of carboxylic acid groups (broad SMARTS) is 1. The van der Waals surface area contributed by atoms with E-state index in [1.54, 1.807) is 4.90 Å². The monoisotopic (exact) mass is 358 g/mol. The molecule has 6 nitrogen and oxygen atoms in total.